The van der Waals surface area contributed by atoms with E-state index >= 15 is 0 Å². The van der Waals surface area contributed by atoms with Crippen molar-refractivity contribution >= 4 is 35.6 Å². The van der Waals surface area contributed by atoms with Gasteiger partial charge in [0, 0.05) is 51.2 Å². The molecule has 0 radical (unpaired) electrons. The van der Waals surface area contributed by atoms with Crippen molar-refractivity contribution in [1.29, 1.82) is 0 Å². The maximum absolute atomic E-state index is 14.3. The van der Waals surface area contributed by atoms with Gasteiger partial charge >= 0.3 is 0 Å². The van der Waals surface area contributed by atoms with Crippen LogP contribution in [-0.2, 0) is 6.54 Å². The van der Waals surface area contributed by atoms with Gasteiger partial charge in [-0.25, -0.2) is 9.37 Å². The van der Waals surface area contributed by atoms with Crippen LogP contribution in [0.25, 0.3) is 0 Å². The van der Waals surface area contributed by atoms with Crippen molar-refractivity contribution in [3.63, 3.8) is 0 Å². The van der Waals surface area contributed by atoms with Crippen LogP contribution in [0.4, 0.5) is 10.1 Å². The number of aromatic nitrogens is 2. The first-order chi connectivity index (χ1) is 14.6. The number of guanidine groups is 1. The SMILES string of the molecule is CCNC(=NCCCCn1ccnc1C)NC1CCCN(c2cc(C)ccc2F)C1.I. The summed E-state index contributed by atoms with van der Waals surface area (Å²) in [6.45, 7) is 10.4. The molecule has 0 spiro atoms. The molecule has 2 aromatic rings. The van der Waals surface area contributed by atoms with Gasteiger partial charge in [0.2, 0.25) is 0 Å². The highest BCUT2D eigenvalue weighted by molar-refractivity contribution is 14.0. The minimum Gasteiger partial charge on any atom is -0.367 e. The third-order valence-corrected chi connectivity index (χ3v) is 5.55. The Morgan fingerprint density at radius 2 is 2.13 bits per heavy atom. The summed E-state index contributed by atoms with van der Waals surface area (Å²) in [5.74, 6) is 1.77. The first-order valence-electron chi connectivity index (χ1n) is 11.1. The predicted octanol–water partition coefficient (Wildman–Crippen LogP) is 4.26. The first kappa shape index (κ1) is 25.4. The van der Waals surface area contributed by atoms with Crippen LogP contribution in [0.1, 0.15) is 44.0 Å². The van der Waals surface area contributed by atoms with E-state index in [0.717, 1.165) is 75.8 Å². The number of piperidine rings is 1. The van der Waals surface area contributed by atoms with Gasteiger partial charge in [0.15, 0.2) is 5.96 Å². The minimum absolute atomic E-state index is 0. The predicted molar refractivity (Wildman–Crippen MR) is 137 cm³/mol. The summed E-state index contributed by atoms with van der Waals surface area (Å²) in [4.78, 5) is 11.2. The zero-order valence-electron chi connectivity index (χ0n) is 18.9. The summed E-state index contributed by atoms with van der Waals surface area (Å²) in [5, 5.41) is 6.91. The number of imidazole rings is 1. The van der Waals surface area contributed by atoms with Gasteiger partial charge < -0.3 is 20.1 Å². The molecule has 172 valence electrons. The third-order valence-electron chi connectivity index (χ3n) is 5.55. The summed E-state index contributed by atoms with van der Waals surface area (Å²) in [5.41, 5.74) is 1.79. The number of hydrogen-bond acceptors (Lipinski definition) is 3. The standard InChI is InChI=1S/C23H35FN6.HI/c1-4-25-23(27-11-5-6-13-29-15-12-26-19(29)3)28-20-8-7-14-30(17-20)22-16-18(2)9-10-21(22)24;/h9-10,12,15-16,20H,4-8,11,13-14,17H2,1-3H3,(H2,25,27,28);1H. The molecule has 1 aliphatic rings. The Balaban J connectivity index is 0.00000341. The van der Waals surface area contributed by atoms with E-state index in [2.05, 4.69) is 32.0 Å². The van der Waals surface area contributed by atoms with Crippen LogP contribution in [0.2, 0.25) is 0 Å². The van der Waals surface area contributed by atoms with Crippen molar-refractivity contribution in [1.82, 2.24) is 20.2 Å². The van der Waals surface area contributed by atoms with Gasteiger partial charge in [0.05, 0.1) is 5.69 Å². The number of aryl methyl sites for hydroxylation is 3. The van der Waals surface area contributed by atoms with E-state index in [-0.39, 0.29) is 35.8 Å². The lowest BCUT2D eigenvalue weighted by atomic mass is 10.0. The number of nitrogens with zero attached hydrogens (tertiary/aromatic N) is 4. The van der Waals surface area contributed by atoms with Crippen LogP contribution < -0.4 is 15.5 Å². The molecule has 1 aliphatic heterocycles. The number of unbranched alkanes of at least 4 members (excludes halogenated alkanes) is 1. The Morgan fingerprint density at radius 1 is 1.29 bits per heavy atom. The fourth-order valence-corrected chi connectivity index (χ4v) is 3.92. The number of anilines is 1. The fraction of sp³-hybridized carbons (Fsp3) is 0.565. The molecule has 8 heteroatoms. The molecular weight excluding hydrogens is 506 g/mol. The Bertz CT molecular complexity index is 837. The third kappa shape index (κ3) is 7.66. The lowest BCUT2D eigenvalue weighted by Gasteiger charge is -2.35. The molecule has 31 heavy (non-hydrogen) atoms. The van der Waals surface area contributed by atoms with Crippen molar-refractivity contribution in [2.45, 2.75) is 59.0 Å². The van der Waals surface area contributed by atoms with Crippen LogP contribution in [-0.4, -0.2) is 47.7 Å². The quantitative estimate of drug-likeness (QED) is 0.227. The average molecular weight is 542 g/mol. The van der Waals surface area contributed by atoms with Gasteiger partial charge in [-0.05, 0) is 64.2 Å². The van der Waals surface area contributed by atoms with E-state index in [4.69, 9.17) is 4.99 Å². The van der Waals surface area contributed by atoms with E-state index in [9.17, 15) is 4.39 Å². The maximum atomic E-state index is 14.3. The van der Waals surface area contributed by atoms with E-state index in [1.165, 1.54) is 0 Å². The summed E-state index contributed by atoms with van der Waals surface area (Å²) in [7, 11) is 0. The maximum Gasteiger partial charge on any atom is 0.191 e. The summed E-state index contributed by atoms with van der Waals surface area (Å²) < 4.78 is 16.5. The lowest BCUT2D eigenvalue weighted by molar-refractivity contribution is 0.462. The zero-order valence-corrected chi connectivity index (χ0v) is 21.2. The average Bonchev–Trinajstić information content (AvgIpc) is 3.14. The molecule has 1 aromatic heterocycles. The second kappa shape index (κ2) is 12.9. The highest BCUT2D eigenvalue weighted by Gasteiger charge is 2.22. The van der Waals surface area contributed by atoms with Crippen molar-refractivity contribution < 1.29 is 4.39 Å². The molecule has 0 aliphatic carbocycles. The fourth-order valence-electron chi connectivity index (χ4n) is 3.92. The molecule has 1 saturated heterocycles. The van der Waals surface area contributed by atoms with E-state index in [1.54, 1.807) is 6.07 Å². The first-order valence-corrected chi connectivity index (χ1v) is 11.1. The second-order valence-electron chi connectivity index (χ2n) is 8.02. The highest BCUT2D eigenvalue weighted by Crippen LogP contribution is 2.24. The number of benzene rings is 1. The minimum atomic E-state index is -0.144. The molecule has 0 bridgehead atoms. The lowest BCUT2D eigenvalue weighted by Crippen LogP contribution is -2.51. The Hall–Kier alpha value is -1.84. The van der Waals surface area contributed by atoms with E-state index < -0.39 is 0 Å². The molecule has 3 rings (SSSR count). The van der Waals surface area contributed by atoms with Crippen LogP contribution in [0.5, 0.6) is 0 Å². The highest BCUT2D eigenvalue weighted by atomic mass is 127. The zero-order chi connectivity index (χ0) is 21.3. The van der Waals surface area contributed by atoms with Gasteiger partial charge in [-0.3, -0.25) is 4.99 Å². The summed E-state index contributed by atoms with van der Waals surface area (Å²) in [6, 6.07) is 5.59. The number of nitrogens with one attached hydrogen (secondary N) is 2. The van der Waals surface area contributed by atoms with Crippen LogP contribution in [0.3, 0.4) is 0 Å². The van der Waals surface area contributed by atoms with Gasteiger partial charge in [-0.15, -0.1) is 24.0 Å². The topological polar surface area (TPSA) is 57.5 Å². The molecule has 2 heterocycles. The van der Waals surface area contributed by atoms with Crippen LogP contribution in [0.15, 0.2) is 35.6 Å². The molecule has 1 unspecified atom stereocenters. The summed E-state index contributed by atoms with van der Waals surface area (Å²) >= 11 is 0. The Kier molecular flexibility index (Phi) is 10.6. The molecule has 1 aromatic carbocycles. The second-order valence-corrected chi connectivity index (χ2v) is 8.02. The summed E-state index contributed by atoms with van der Waals surface area (Å²) in [6.07, 6.45) is 8.07. The number of rotatable bonds is 8. The molecule has 1 fully saturated rings. The molecule has 1 atom stereocenters. The van der Waals surface area contributed by atoms with Crippen molar-refractivity contribution in [3.05, 3.63) is 47.8 Å². The normalized spacial score (nSPS) is 16.7. The smallest absolute Gasteiger partial charge is 0.191 e. The van der Waals surface area contributed by atoms with Crippen molar-refractivity contribution in [2.75, 3.05) is 31.1 Å². The molecule has 2 N–H and O–H groups in total. The molecule has 0 amide bonds. The Labute approximate surface area is 202 Å². The van der Waals surface area contributed by atoms with Crippen molar-refractivity contribution in [2.24, 2.45) is 4.99 Å². The molecule has 6 nitrogen and oxygen atoms in total. The van der Waals surface area contributed by atoms with Crippen molar-refractivity contribution in [3.8, 4) is 0 Å². The molecule has 0 saturated carbocycles. The van der Waals surface area contributed by atoms with Gasteiger partial charge in [-0.1, -0.05) is 6.07 Å². The van der Waals surface area contributed by atoms with E-state index in [0.29, 0.717) is 5.69 Å². The van der Waals surface area contributed by atoms with E-state index in [1.807, 2.05) is 38.4 Å². The van der Waals surface area contributed by atoms with Crippen LogP contribution >= 0.6 is 24.0 Å². The van der Waals surface area contributed by atoms with Crippen LogP contribution in [0, 0.1) is 19.7 Å². The largest absolute Gasteiger partial charge is 0.367 e. The van der Waals surface area contributed by atoms with Gasteiger partial charge in [0.1, 0.15) is 11.6 Å². The number of aliphatic imine (C=N–C) groups is 1. The van der Waals surface area contributed by atoms with Gasteiger partial charge in [0.25, 0.3) is 0 Å². The van der Waals surface area contributed by atoms with Gasteiger partial charge in [-0.2, -0.15) is 0 Å². The number of hydrogen-bond donors (Lipinski definition) is 2. The Morgan fingerprint density at radius 3 is 2.87 bits per heavy atom. The monoisotopic (exact) mass is 542 g/mol. The molecular formula is C23H36FIN6. The number of halogens is 2.